The van der Waals surface area contributed by atoms with Gasteiger partial charge in [-0.25, -0.2) is 4.98 Å². The fraction of sp³-hybridized carbons (Fsp3) is 0.167. The summed E-state index contributed by atoms with van der Waals surface area (Å²) in [6.07, 6.45) is 1.88. The minimum Gasteiger partial charge on any atom is -0.354 e. The van der Waals surface area contributed by atoms with Crippen LogP contribution in [0.25, 0.3) is 10.9 Å². The molecule has 138 valence electrons. The number of hydrogen-bond donors (Lipinski definition) is 1. The smallest absolute Gasteiger partial charge is 0.270 e. The Bertz CT molecular complexity index is 1060. The lowest BCUT2D eigenvalue weighted by atomic mass is 10.1. The number of nitrogens with one attached hydrogen (secondary N) is 1. The van der Waals surface area contributed by atoms with E-state index in [-0.39, 0.29) is 23.5 Å². The number of amides is 1. The summed E-state index contributed by atoms with van der Waals surface area (Å²) in [7, 11) is 0. The predicted octanol–water partition coefficient (Wildman–Crippen LogP) is 2.32. The van der Waals surface area contributed by atoms with Gasteiger partial charge in [-0.2, -0.15) is 0 Å². The third-order valence-electron chi connectivity index (χ3n) is 3.98. The molecule has 2 aromatic carbocycles. The molecule has 0 atom stereocenters. The number of hydrogen-bond acceptors (Lipinski definition) is 5. The maximum Gasteiger partial charge on any atom is 0.270 e. The Kier molecular flexibility index (Phi) is 5.46. The summed E-state index contributed by atoms with van der Waals surface area (Å²) in [5.41, 5.74) is 0.657. The van der Waals surface area contributed by atoms with Gasteiger partial charge in [0.05, 0.1) is 22.2 Å². The standard InChI is InChI=1S/C18H15ClN4O4/c19-13-3-1-12(2-4-13)7-8-20-17(24)10-22-11-21-16-6-5-14(23(26)27)9-15(16)18(22)25/h1-6,9,11H,7-8,10H2,(H,20,24). The highest BCUT2D eigenvalue weighted by atomic mass is 35.5. The second kappa shape index (κ2) is 7.96. The van der Waals surface area contributed by atoms with Crippen LogP contribution in [0.15, 0.2) is 53.6 Å². The molecule has 0 saturated carbocycles. The van der Waals surface area contributed by atoms with Crippen LogP contribution in [0.4, 0.5) is 5.69 Å². The number of carbonyl (C=O) groups is 1. The van der Waals surface area contributed by atoms with Crippen molar-refractivity contribution in [3.63, 3.8) is 0 Å². The monoisotopic (exact) mass is 386 g/mol. The highest BCUT2D eigenvalue weighted by Gasteiger charge is 2.12. The lowest BCUT2D eigenvalue weighted by Crippen LogP contribution is -2.33. The van der Waals surface area contributed by atoms with Gasteiger partial charge in [0, 0.05) is 23.7 Å². The lowest BCUT2D eigenvalue weighted by molar-refractivity contribution is -0.384. The number of nitro groups is 1. The molecule has 1 N–H and O–H groups in total. The van der Waals surface area contributed by atoms with E-state index in [2.05, 4.69) is 10.3 Å². The zero-order valence-corrected chi connectivity index (χ0v) is 14.8. The molecule has 0 aliphatic rings. The molecule has 1 amide bonds. The van der Waals surface area contributed by atoms with Crippen LogP contribution in [0.3, 0.4) is 0 Å². The number of carbonyl (C=O) groups excluding carboxylic acids is 1. The molecule has 1 aromatic heterocycles. The minimum absolute atomic E-state index is 0.0978. The van der Waals surface area contributed by atoms with Gasteiger partial charge in [-0.3, -0.25) is 24.3 Å². The summed E-state index contributed by atoms with van der Waals surface area (Å²) in [5, 5.41) is 14.4. The van der Waals surface area contributed by atoms with Crippen molar-refractivity contribution in [1.29, 1.82) is 0 Å². The van der Waals surface area contributed by atoms with E-state index < -0.39 is 10.5 Å². The minimum atomic E-state index is -0.584. The first-order valence-corrected chi connectivity index (χ1v) is 8.46. The van der Waals surface area contributed by atoms with E-state index in [0.717, 1.165) is 10.1 Å². The van der Waals surface area contributed by atoms with Gasteiger partial charge in [0.2, 0.25) is 5.91 Å². The highest BCUT2D eigenvalue weighted by Crippen LogP contribution is 2.16. The summed E-state index contributed by atoms with van der Waals surface area (Å²) in [4.78, 5) is 38.9. The van der Waals surface area contributed by atoms with Crippen molar-refractivity contribution >= 4 is 34.1 Å². The normalized spacial score (nSPS) is 10.7. The Morgan fingerprint density at radius 1 is 1.22 bits per heavy atom. The molecule has 0 spiro atoms. The third-order valence-corrected chi connectivity index (χ3v) is 4.23. The van der Waals surface area contributed by atoms with E-state index in [1.165, 1.54) is 24.5 Å². The zero-order valence-electron chi connectivity index (χ0n) is 14.1. The molecule has 3 aromatic rings. The van der Waals surface area contributed by atoms with E-state index >= 15 is 0 Å². The molecule has 0 aliphatic carbocycles. The third kappa shape index (κ3) is 4.48. The first-order valence-electron chi connectivity index (χ1n) is 8.09. The van der Waals surface area contributed by atoms with Gasteiger partial charge in [0.1, 0.15) is 6.54 Å². The fourth-order valence-corrected chi connectivity index (χ4v) is 2.71. The molecule has 0 aliphatic heterocycles. The van der Waals surface area contributed by atoms with Crippen LogP contribution in [0.5, 0.6) is 0 Å². The van der Waals surface area contributed by atoms with Gasteiger partial charge >= 0.3 is 0 Å². The van der Waals surface area contributed by atoms with Gasteiger partial charge in [0.15, 0.2) is 0 Å². The number of halogens is 1. The van der Waals surface area contributed by atoms with E-state index in [4.69, 9.17) is 11.6 Å². The Morgan fingerprint density at radius 2 is 1.96 bits per heavy atom. The first-order chi connectivity index (χ1) is 12.9. The summed E-state index contributed by atoms with van der Waals surface area (Å²) in [6.45, 7) is 0.187. The van der Waals surface area contributed by atoms with Crippen molar-refractivity contribution in [2.75, 3.05) is 6.54 Å². The quantitative estimate of drug-likeness (QED) is 0.516. The fourth-order valence-electron chi connectivity index (χ4n) is 2.58. The van der Waals surface area contributed by atoms with E-state index in [0.29, 0.717) is 23.5 Å². The molecule has 0 saturated heterocycles. The Hall–Kier alpha value is -3.26. The Labute approximate surface area is 158 Å². The predicted molar refractivity (Wildman–Crippen MR) is 101 cm³/mol. The van der Waals surface area contributed by atoms with E-state index in [1.54, 1.807) is 12.1 Å². The van der Waals surface area contributed by atoms with Crippen LogP contribution in [0.1, 0.15) is 5.56 Å². The number of benzene rings is 2. The molecule has 0 bridgehead atoms. The molecule has 3 rings (SSSR count). The van der Waals surface area contributed by atoms with Crippen LogP contribution in [-0.2, 0) is 17.8 Å². The number of non-ortho nitro benzene ring substituents is 1. The maximum absolute atomic E-state index is 12.5. The summed E-state index contributed by atoms with van der Waals surface area (Å²) in [6, 6.07) is 11.2. The molecule has 1 heterocycles. The van der Waals surface area contributed by atoms with Crippen molar-refractivity contribution in [1.82, 2.24) is 14.9 Å². The van der Waals surface area contributed by atoms with Crippen molar-refractivity contribution in [3.8, 4) is 0 Å². The van der Waals surface area contributed by atoms with E-state index in [1.807, 2.05) is 12.1 Å². The molecule has 0 fully saturated rings. The van der Waals surface area contributed by atoms with Gasteiger partial charge < -0.3 is 5.32 Å². The van der Waals surface area contributed by atoms with Crippen LogP contribution in [0, 0.1) is 10.1 Å². The SMILES string of the molecule is O=C(Cn1cnc2ccc([N+](=O)[O-])cc2c1=O)NCCc1ccc(Cl)cc1. The number of aromatic nitrogens is 2. The number of nitrogens with zero attached hydrogens (tertiary/aromatic N) is 3. The number of nitro benzene ring substituents is 1. The second-order valence-corrected chi connectivity index (χ2v) is 6.30. The molecule has 0 radical (unpaired) electrons. The summed E-state index contributed by atoms with van der Waals surface area (Å²) >= 11 is 5.82. The van der Waals surface area contributed by atoms with Crippen LogP contribution in [0.2, 0.25) is 5.02 Å². The van der Waals surface area contributed by atoms with Crippen LogP contribution >= 0.6 is 11.6 Å². The van der Waals surface area contributed by atoms with Crippen molar-refractivity contribution < 1.29 is 9.72 Å². The van der Waals surface area contributed by atoms with Crippen molar-refractivity contribution in [2.45, 2.75) is 13.0 Å². The molecule has 27 heavy (non-hydrogen) atoms. The number of rotatable bonds is 6. The topological polar surface area (TPSA) is 107 Å². The molecular formula is C18H15ClN4O4. The zero-order chi connectivity index (χ0) is 19.4. The summed E-state index contributed by atoms with van der Waals surface area (Å²) in [5.74, 6) is -0.349. The molecule has 8 nitrogen and oxygen atoms in total. The lowest BCUT2D eigenvalue weighted by Gasteiger charge is -2.08. The molecular weight excluding hydrogens is 372 g/mol. The highest BCUT2D eigenvalue weighted by molar-refractivity contribution is 6.30. The Morgan fingerprint density at radius 3 is 2.67 bits per heavy atom. The average Bonchev–Trinajstić information content (AvgIpc) is 2.65. The maximum atomic E-state index is 12.5. The Balaban J connectivity index is 1.67. The van der Waals surface area contributed by atoms with Gasteiger partial charge in [-0.15, -0.1) is 0 Å². The average molecular weight is 387 g/mol. The van der Waals surface area contributed by atoms with Gasteiger partial charge in [-0.05, 0) is 30.2 Å². The van der Waals surface area contributed by atoms with E-state index in [9.17, 15) is 19.7 Å². The van der Waals surface area contributed by atoms with Crippen molar-refractivity contribution in [3.05, 3.63) is 79.8 Å². The molecule has 9 heteroatoms. The van der Waals surface area contributed by atoms with Crippen molar-refractivity contribution in [2.24, 2.45) is 0 Å². The van der Waals surface area contributed by atoms with Crippen LogP contribution < -0.4 is 10.9 Å². The second-order valence-electron chi connectivity index (χ2n) is 5.86. The van der Waals surface area contributed by atoms with Gasteiger partial charge in [0.25, 0.3) is 11.2 Å². The largest absolute Gasteiger partial charge is 0.354 e. The summed E-state index contributed by atoms with van der Waals surface area (Å²) < 4.78 is 1.13. The molecule has 0 unspecified atom stereocenters. The van der Waals surface area contributed by atoms with Gasteiger partial charge in [-0.1, -0.05) is 23.7 Å². The van der Waals surface area contributed by atoms with Crippen LogP contribution in [-0.4, -0.2) is 26.9 Å². The first kappa shape index (κ1) is 18.5. The number of fused-ring (bicyclic) bond motifs is 1.